The standard InChI is InChI=1S/C27H27N3O2/c1-19-9-10-24-22(16-19)23(17-25(29-24)26-8-5-15-32-26)27(31)28-21-11-13-30(14-12-21)18-20-6-3-2-4-7-20/h2-10,15-17,21H,11-14,18H2,1H3,(H,28,31). The Kier molecular flexibility index (Phi) is 5.73. The van der Waals surface area contributed by atoms with E-state index in [4.69, 9.17) is 9.40 Å². The number of hydrogen-bond acceptors (Lipinski definition) is 4. The lowest BCUT2D eigenvalue weighted by Crippen LogP contribution is -2.44. The summed E-state index contributed by atoms with van der Waals surface area (Å²) in [5.41, 5.74) is 4.56. The number of furan rings is 1. The van der Waals surface area contributed by atoms with Crippen molar-refractivity contribution in [1.29, 1.82) is 0 Å². The molecule has 2 aromatic carbocycles. The number of nitrogens with zero attached hydrogens (tertiary/aromatic N) is 2. The molecular formula is C27H27N3O2. The second-order valence-corrected chi connectivity index (χ2v) is 8.56. The minimum atomic E-state index is -0.0442. The Morgan fingerprint density at radius 1 is 1.06 bits per heavy atom. The highest BCUT2D eigenvalue weighted by Gasteiger charge is 2.23. The van der Waals surface area contributed by atoms with Gasteiger partial charge in [0, 0.05) is 31.1 Å². The average Bonchev–Trinajstić information content (AvgIpc) is 3.35. The first-order chi connectivity index (χ1) is 15.7. The number of pyridine rings is 1. The molecule has 5 heteroatoms. The van der Waals surface area contributed by atoms with Gasteiger partial charge in [-0.05, 0) is 55.7 Å². The molecule has 0 radical (unpaired) electrons. The van der Waals surface area contributed by atoms with Crippen molar-refractivity contribution in [1.82, 2.24) is 15.2 Å². The number of aryl methyl sites for hydroxylation is 1. The van der Waals surface area contributed by atoms with Crippen molar-refractivity contribution >= 4 is 16.8 Å². The first-order valence-electron chi connectivity index (χ1n) is 11.2. The molecule has 0 spiro atoms. The summed E-state index contributed by atoms with van der Waals surface area (Å²) < 4.78 is 5.54. The van der Waals surface area contributed by atoms with Crippen molar-refractivity contribution < 1.29 is 9.21 Å². The average molecular weight is 426 g/mol. The molecule has 1 N–H and O–H groups in total. The van der Waals surface area contributed by atoms with Gasteiger partial charge in [-0.3, -0.25) is 9.69 Å². The van der Waals surface area contributed by atoms with Crippen LogP contribution in [0.2, 0.25) is 0 Å². The second-order valence-electron chi connectivity index (χ2n) is 8.56. The molecular weight excluding hydrogens is 398 g/mol. The van der Waals surface area contributed by atoms with Crippen LogP contribution in [0.25, 0.3) is 22.4 Å². The van der Waals surface area contributed by atoms with E-state index < -0.39 is 0 Å². The molecule has 2 aromatic heterocycles. The summed E-state index contributed by atoms with van der Waals surface area (Å²) in [6.45, 7) is 4.95. The van der Waals surface area contributed by atoms with Crippen LogP contribution in [0.5, 0.6) is 0 Å². The molecule has 3 heterocycles. The van der Waals surface area contributed by atoms with Crippen molar-refractivity contribution in [2.45, 2.75) is 32.4 Å². The molecule has 1 aliphatic rings. The molecule has 4 aromatic rings. The van der Waals surface area contributed by atoms with E-state index in [0.29, 0.717) is 17.0 Å². The van der Waals surface area contributed by atoms with Gasteiger partial charge >= 0.3 is 0 Å². The van der Waals surface area contributed by atoms with Crippen LogP contribution in [-0.2, 0) is 6.54 Å². The third kappa shape index (κ3) is 4.43. The highest BCUT2D eigenvalue weighted by atomic mass is 16.3. The van der Waals surface area contributed by atoms with E-state index in [0.717, 1.165) is 48.9 Å². The van der Waals surface area contributed by atoms with E-state index in [9.17, 15) is 4.79 Å². The van der Waals surface area contributed by atoms with Crippen molar-refractivity contribution in [3.8, 4) is 11.5 Å². The fourth-order valence-corrected chi connectivity index (χ4v) is 4.42. The summed E-state index contributed by atoms with van der Waals surface area (Å²) in [7, 11) is 0. The normalized spacial score (nSPS) is 15.2. The second kappa shape index (κ2) is 8.97. The Balaban J connectivity index is 1.32. The third-order valence-corrected chi connectivity index (χ3v) is 6.15. The number of likely N-dealkylation sites (tertiary alicyclic amines) is 1. The molecule has 0 aliphatic carbocycles. The van der Waals surface area contributed by atoms with Crippen molar-refractivity contribution in [2.24, 2.45) is 0 Å². The first-order valence-corrected chi connectivity index (χ1v) is 11.2. The Hall–Kier alpha value is -3.44. The lowest BCUT2D eigenvalue weighted by atomic mass is 10.0. The molecule has 5 rings (SSSR count). The third-order valence-electron chi connectivity index (χ3n) is 6.15. The first kappa shape index (κ1) is 20.5. The molecule has 1 aliphatic heterocycles. The summed E-state index contributed by atoms with van der Waals surface area (Å²) in [4.78, 5) is 20.5. The van der Waals surface area contributed by atoms with Crippen molar-refractivity contribution in [2.75, 3.05) is 13.1 Å². The predicted molar refractivity (Wildman–Crippen MR) is 126 cm³/mol. The number of piperidine rings is 1. The van der Waals surface area contributed by atoms with Crippen LogP contribution in [0.1, 0.15) is 34.3 Å². The Morgan fingerprint density at radius 2 is 1.88 bits per heavy atom. The minimum Gasteiger partial charge on any atom is -0.463 e. The van der Waals surface area contributed by atoms with Crippen LogP contribution in [-0.4, -0.2) is 34.9 Å². The molecule has 162 valence electrons. The zero-order valence-corrected chi connectivity index (χ0v) is 18.3. The lowest BCUT2D eigenvalue weighted by Gasteiger charge is -2.32. The summed E-state index contributed by atoms with van der Waals surface area (Å²) in [6.07, 6.45) is 3.52. The number of carbonyl (C=O) groups excluding carboxylic acids is 1. The number of hydrogen-bond donors (Lipinski definition) is 1. The van der Waals surface area contributed by atoms with Crippen LogP contribution in [0.4, 0.5) is 0 Å². The minimum absolute atomic E-state index is 0.0442. The maximum Gasteiger partial charge on any atom is 0.252 e. The van der Waals surface area contributed by atoms with Crippen LogP contribution < -0.4 is 5.32 Å². The number of carbonyl (C=O) groups is 1. The van der Waals surface area contributed by atoms with Gasteiger partial charge in [0.15, 0.2) is 5.76 Å². The molecule has 1 saturated heterocycles. The monoisotopic (exact) mass is 425 g/mol. The SMILES string of the molecule is Cc1ccc2nc(-c3ccco3)cc(C(=O)NC3CCN(Cc4ccccc4)CC3)c2c1. The maximum absolute atomic E-state index is 13.3. The van der Waals surface area contributed by atoms with E-state index in [1.807, 2.05) is 49.4 Å². The van der Waals surface area contributed by atoms with E-state index >= 15 is 0 Å². The van der Waals surface area contributed by atoms with Crippen LogP contribution in [0, 0.1) is 6.92 Å². The Bertz CT molecular complexity index is 1210. The van der Waals surface area contributed by atoms with Gasteiger partial charge in [-0.25, -0.2) is 4.98 Å². The number of fused-ring (bicyclic) bond motifs is 1. The summed E-state index contributed by atoms with van der Waals surface area (Å²) in [6, 6.07) is 22.3. The molecule has 32 heavy (non-hydrogen) atoms. The number of aromatic nitrogens is 1. The van der Waals surface area contributed by atoms with Crippen LogP contribution in [0.15, 0.2) is 77.4 Å². The lowest BCUT2D eigenvalue weighted by molar-refractivity contribution is 0.0910. The largest absolute Gasteiger partial charge is 0.463 e. The predicted octanol–water partition coefficient (Wildman–Crippen LogP) is 5.20. The smallest absolute Gasteiger partial charge is 0.252 e. The van der Waals surface area contributed by atoms with Gasteiger partial charge < -0.3 is 9.73 Å². The maximum atomic E-state index is 13.3. The van der Waals surface area contributed by atoms with Gasteiger partial charge in [-0.2, -0.15) is 0 Å². The molecule has 1 amide bonds. The van der Waals surface area contributed by atoms with E-state index in [1.165, 1.54) is 5.56 Å². The topological polar surface area (TPSA) is 58.4 Å². The highest BCUT2D eigenvalue weighted by Crippen LogP contribution is 2.26. The molecule has 5 nitrogen and oxygen atoms in total. The van der Waals surface area contributed by atoms with Gasteiger partial charge in [0.2, 0.25) is 0 Å². The van der Waals surface area contributed by atoms with Gasteiger partial charge in [0.1, 0.15) is 5.69 Å². The Labute approximate surface area is 188 Å². The zero-order chi connectivity index (χ0) is 21.9. The van der Waals surface area contributed by atoms with E-state index in [2.05, 4.69) is 34.5 Å². The summed E-state index contributed by atoms with van der Waals surface area (Å²) >= 11 is 0. The number of rotatable bonds is 5. The fourth-order valence-electron chi connectivity index (χ4n) is 4.42. The molecule has 1 fully saturated rings. The molecule has 0 atom stereocenters. The molecule has 0 saturated carbocycles. The van der Waals surface area contributed by atoms with Gasteiger partial charge in [-0.15, -0.1) is 0 Å². The zero-order valence-electron chi connectivity index (χ0n) is 18.3. The quantitative estimate of drug-likeness (QED) is 0.478. The van der Waals surface area contributed by atoms with Gasteiger partial charge in [0.25, 0.3) is 5.91 Å². The number of benzene rings is 2. The van der Waals surface area contributed by atoms with Crippen LogP contribution in [0.3, 0.4) is 0 Å². The summed E-state index contributed by atoms with van der Waals surface area (Å²) in [5, 5.41) is 4.15. The number of amides is 1. The van der Waals surface area contributed by atoms with Crippen molar-refractivity contribution in [3.63, 3.8) is 0 Å². The fraction of sp³-hybridized carbons (Fsp3) is 0.259. The van der Waals surface area contributed by atoms with E-state index in [-0.39, 0.29) is 11.9 Å². The summed E-state index contributed by atoms with van der Waals surface area (Å²) in [5.74, 6) is 0.619. The molecule has 0 bridgehead atoms. The highest BCUT2D eigenvalue weighted by molar-refractivity contribution is 6.07. The Morgan fingerprint density at radius 3 is 2.62 bits per heavy atom. The van der Waals surface area contributed by atoms with Gasteiger partial charge in [-0.1, -0.05) is 42.0 Å². The van der Waals surface area contributed by atoms with E-state index in [1.54, 1.807) is 6.26 Å². The van der Waals surface area contributed by atoms with Gasteiger partial charge in [0.05, 0.1) is 17.3 Å². The van der Waals surface area contributed by atoms with Crippen LogP contribution >= 0.6 is 0 Å². The number of nitrogens with one attached hydrogen (secondary N) is 1. The van der Waals surface area contributed by atoms with Crippen molar-refractivity contribution in [3.05, 3.63) is 89.7 Å². The molecule has 0 unspecified atom stereocenters.